The van der Waals surface area contributed by atoms with Crippen LogP contribution in [0.15, 0.2) is 36.4 Å². The predicted octanol–water partition coefficient (Wildman–Crippen LogP) is 2.84. The highest BCUT2D eigenvalue weighted by atomic mass is 19.1. The summed E-state index contributed by atoms with van der Waals surface area (Å²) in [6.07, 6.45) is 6.86. The summed E-state index contributed by atoms with van der Waals surface area (Å²) < 4.78 is 13.4. The van der Waals surface area contributed by atoms with Crippen molar-refractivity contribution in [2.24, 2.45) is 0 Å². The topological polar surface area (TPSA) is 20.2 Å². The third-order valence-electron chi connectivity index (χ3n) is 2.86. The van der Waals surface area contributed by atoms with E-state index in [0.29, 0.717) is 12.0 Å². The van der Waals surface area contributed by atoms with Gasteiger partial charge in [0, 0.05) is 6.42 Å². The second-order valence-corrected chi connectivity index (χ2v) is 4.17. The van der Waals surface area contributed by atoms with E-state index >= 15 is 0 Å². The molecule has 0 saturated carbocycles. The summed E-state index contributed by atoms with van der Waals surface area (Å²) >= 11 is 0. The Bertz CT molecular complexity index is 373. The molecule has 1 N–H and O–H groups in total. The molecule has 0 fully saturated rings. The molecule has 1 aromatic carbocycles. The van der Waals surface area contributed by atoms with Crippen LogP contribution in [0.25, 0.3) is 0 Å². The minimum atomic E-state index is -0.847. The number of hydrogen-bond acceptors (Lipinski definition) is 1. The summed E-state index contributed by atoms with van der Waals surface area (Å²) in [6, 6.07) is 6.63. The lowest BCUT2D eigenvalue weighted by molar-refractivity contribution is 0.0742. The highest BCUT2D eigenvalue weighted by Crippen LogP contribution is 2.26. The molecule has 0 amide bonds. The van der Waals surface area contributed by atoms with Crippen molar-refractivity contribution in [3.05, 3.63) is 47.8 Å². The first-order valence-corrected chi connectivity index (χ1v) is 5.33. The first kappa shape index (κ1) is 10.4. The normalized spacial score (nSPS) is 25.5. The Labute approximate surface area is 89.3 Å². The van der Waals surface area contributed by atoms with Crippen molar-refractivity contribution >= 4 is 0 Å². The maximum absolute atomic E-state index is 13.4. The van der Waals surface area contributed by atoms with Gasteiger partial charge in [-0.1, -0.05) is 30.4 Å². The van der Waals surface area contributed by atoms with E-state index in [-0.39, 0.29) is 5.82 Å². The van der Waals surface area contributed by atoms with Crippen molar-refractivity contribution < 1.29 is 9.50 Å². The molecular weight excluding hydrogens is 191 g/mol. The molecule has 1 nitrogen and oxygen atoms in total. The molecule has 0 bridgehead atoms. The van der Waals surface area contributed by atoms with E-state index < -0.39 is 5.60 Å². The van der Waals surface area contributed by atoms with E-state index in [1.165, 1.54) is 6.07 Å². The van der Waals surface area contributed by atoms with Crippen molar-refractivity contribution in [1.82, 2.24) is 0 Å². The lowest BCUT2D eigenvalue weighted by Gasteiger charge is -2.27. The van der Waals surface area contributed by atoms with Crippen molar-refractivity contribution in [2.75, 3.05) is 0 Å². The van der Waals surface area contributed by atoms with Gasteiger partial charge in [0.05, 0.1) is 5.60 Å². The smallest absolute Gasteiger partial charge is 0.126 e. The summed E-state index contributed by atoms with van der Waals surface area (Å²) in [5.41, 5.74) is -0.257. The molecule has 1 aliphatic rings. The van der Waals surface area contributed by atoms with Crippen LogP contribution in [0.5, 0.6) is 0 Å². The van der Waals surface area contributed by atoms with Crippen LogP contribution in [0.3, 0.4) is 0 Å². The number of rotatable bonds is 2. The Morgan fingerprint density at radius 1 is 1.33 bits per heavy atom. The molecule has 0 heterocycles. The van der Waals surface area contributed by atoms with Gasteiger partial charge in [0.1, 0.15) is 5.82 Å². The predicted molar refractivity (Wildman–Crippen MR) is 58.0 cm³/mol. The fourth-order valence-corrected chi connectivity index (χ4v) is 2.03. The second-order valence-electron chi connectivity index (χ2n) is 4.17. The molecule has 80 valence electrons. The van der Waals surface area contributed by atoms with Crippen LogP contribution >= 0.6 is 0 Å². The van der Waals surface area contributed by atoms with Gasteiger partial charge in [-0.2, -0.15) is 0 Å². The van der Waals surface area contributed by atoms with Crippen LogP contribution in [-0.4, -0.2) is 10.7 Å². The van der Waals surface area contributed by atoms with Gasteiger partial charge in [-0.05, 0) is 30.9 Å². The quantitative estimate of drug-likeness (QED) is 0.738. The Hall–Kier alpha value is -1.15. The number of hydrogen-bond donors (Lipinski definition) is 1. The Morgan fingerprint density at radius 3 is 2.80 bits per heavy atom. The molecule has 2 rings (SSSR count). The summed E-state index contributed by atoms with van der Waals surface area (Å²) in [5, 5.41) is 10.2. The summed E-state index contributed by atoms with van der Waals surface area (Å²) in [5.74, 6) is -0.232. The molecule has 0 spiro atoms. The monoisotopic (exact) mass is 206 g/mol. The van der Waals surface area contributed by atoms with Crippen molar-refractivity contribution in [1.29, 1.82) is 0 Å². The van der Waals surface area contributed by atoms with Crippen LogP contribution < -0.4 is 0 Å². The van der Waals surface area contributed by atoms with E-state index in [4.69, 9.17) is 0 Å². The minimum Gasteiger partial charge on any atom is -0.385 e. The van der Waals surface area contributed by atoms with E-state index in [1.54, 1.807) is 18.2 Å². The van der Waals surface area contributed by atoms with Crippen LogP contribution in [0.1, 0.15) is 24.8 Å². The molecule has 2 heteroatoms. The van der Waals surface area contributed by atoms with Crippen molar-refractivity contribution in [3.63, 3.8) is 0 Å². The zero-order valence-corrected chi connectivity index (χ0v) is 8.62. The van der Waals surface area contributed by atoms with Crippen LogP contribution in [0, 0.1) is 5.82 Å². The number of aliphatic hydroxyl groups is 1. The summed E-state index contributed by atoms with van der Waals surface area (Å²) in [6.45, 7) is 0. The van der Waals surface area contributed by atoms with Gasteiger partial charge in [-0.25, -0.2) is 4.39 Å². The lowest BCUT2D eigenvalue weighted by Crippen LogP contribution is -2.30. The van der Waals surface area contributed by atoms with E-state index in [9.17, 15) is 9.50 Å². The van der Waals surface area contributed by atoms with Gasteiger partial charge in [0.25, 0.3) is 0 Å². The molecule has 15 heavy (non-hydrogen) atoms. The van der Waals surface area contributed by atoms with Gasteiger partial charge in [0.15, 0.2) is 0 Å². The molecule has 0 aromatic heterocycles. The van der Waals surface area contributed by atoms with Gasteiger partial charge < -0.3 is 5.11 Å². The highest BCUT2D eigenvalue weighted by molar-refractivity contribution is 5.22. The largest absolute Gasteiger partial charge is 0.385 e. The van der Waals surface area contributed by atoms with Gasteiger partial charge in [-0.15, -0.1) is 0 Å². The molecular formula is C13H15FO. The van der Waals surface area contributed by atoms with Gasteiger partial charge in [0.2, 0.25) is 0 Å². The molecule has 0 radical (unpaired) electrons. The van der Waals surface area contributed by atoms with E-state index in [0.717, 1.165) is 19.3 Å². The SMILES string of the molecule is OC1(Cc2ccccc2F)C=CCCC1. The van der Waals surface area contributed by atoms with Crippen molar-refractivity contribution in [3.8, 4) is 0 Å². The number of allylic oxidation sites excluding steroid dienone is 1. The molecule has 1 aromatic rings. The second kappa shape index (κ2) is 4.15. The Morgan fingerprint density at radius 2 is 2.13 bits per heavy atom. The van der Waals surface area contributed by atoms with Gasteiger partial charge >= 0.3 is 0 Å². The molecule has 0 aliphatic heterocycles. The minimum absolute atomic E-state index is 0.232. The summed E-state index contributed by atoms with van der Waals surface area (Å²) in [4.78, 5) is 0. The number of halogens is 1. The van der Waals surface area contributed by atoms with Gasteiger partial charge in [-0.3, -0.25) is 0 Å². The number of benzene rings is 1. The maximum Gasteiger partial charge on any atom is 0.126 e. The van der Waals surface area contributed by atoms with Crippen LogP contribution in [0.4, 0.5) is 4.39 Å². The third-order valence-corrected chi connectivity index (χ3v) is 2.86. The maximum atomic E-state index is 13.4. The molecule has 0 saturated heterocycles. The van der Waals surface area contributed by atoms with Crippen molar-refractivity contribution in [2.45, 2.75) is 31.3 Å². The average molecular weight is 206 g/mol. The van der Waals surface area contributed by atoms with E-state index in [1.807, 2.05) is 12.2 Å². The molecule has 1 atom stereocenters. The molecule has 1 unspecified atom stereocenters. The summed E-state index contributed by atoms with van der Waals surface area (Å²) in [7, 11) is 0. The zero-order chi connectivity index (χ0) is 10.7. The first-order valence-electron chi connectivity index (χ1n) is 5.33. The van der Waals surface area contributed by atoms with E-state index in [2.05, 4.69) is 0 Å². The first-order chi connectivity index (χ1) is 7.20. The average Bonchev–Trinajstić information content (AvgIpc) is 2.22. The van der Waals surface area contributed by atoms with Crippen LogP contribution in [-0.2, 0) is 6.42 Å². The lowest BCUT2D eigenvalue weighted by atomic mass is 9.85. The fraction of sp³-hybridized carbons (Fsp3) is 0.385. The fourth-order valence-electron chi connectivity index (χ4n) is 2.03. The Kier molecular flexibility index (Phi) is 2.87. The standard InChI is InChI=1S/C13H15FO/c14-12-7-3-2-6-11(12)10-13(15)8-4-1-5-9-13/h2-4,6-8,15H,1,5,9-10H2. The Balaban J connectivity index is 2.17. The molecule has 1 aliphatic carbocycles. The van der Waals surface area contributed by atoms with Crippen LogP contribution in [0.2, 0.25) is 0 Å². The third kappa shape index (κ3) is 2.45. The highest BCUT2D eigenvalue weighted by Gasteiger charge is 2.26. The zero-order valence-electron chi connectivity index (χ0n) is 8.62.